The summed E-state index contributed by atoms with van der Waals surface area (Å²) >= 11 is 9.05. The second-order valence-corrected chi connectivity index (χ2v) is 4.19. The second kappa shape index (κ2) is 3.92. The summed E-state index contributed by atoms with van der Waals surface area (Å²) in [5.74, 6) is 0. The van der Waals surface area contributed by atoms with E-state index in [-0.39, 0.29) is 6.61 Å². The van der Waals surface area contributed by atoms with Gasteiger partial charge in [0.2, 0.25) is 0 Å². The molecule has 72 valence electrons. The fraction of sp³-hybridized carbons (Fsp3) is 0.375. The van der Waals surface area contributed by atoms with Crippen molar-refractivity contribution in [3.63, 3.8) is 0 Å². The molecule has 0 saturated carbocycles. The van der Waals surface area contributed by atoms with Crippen LogP contribution in [0, 0.1) is 0 Å². The fourth-order valence-corrected chi connectivity index (χ4v) is 1.79. The maximum atomic E-state index is 9.05. The maximum absolute atomic E-state index is 9.05. The summed E-state index contributed by atoms with van der Waals surface area (Å²) < 4.78 is 0.635. The molecular weight excluding hydrogens is 255 g/mol. The van der Waals surface area contributed by atoms with Gasteiger partial charge in [-0.3, -0.25) is 0 Å². The Morgan fingerprint density at radius 3 is 2.92 bits per heavy atom. The molecule has 1 rings (SSSR count). The lowest BCUT2D eigenvalue weighted by Crippen LogP contribution is -2.37. The van der Waals surface area contributed by atoms with Crippen LogP contribution in [0.25, 0.3) is 0 Å². The SMILES string of the molecule is C[C@](N)(CO)c1ccnc(Cl)c1Br. The van der Waals surface area contributed by atoms with E-state index in [9.17, 15) is 0 Å². The van der Waals surface area contributed by atoms with Crippen LogP contribution >= 0.6 is 27.5 Å². The van der Waals surface area contributed by atoms with Crippen molar-refractivity contribution in [2.45, 2.75) is 12.5 Å². The van der Waals surface area contributed by atoms with Gasteiger partial charge in [-0.2, -0.15) is 0 Å². The Bertz CT molecular complexity index is 317. The topological polar surface area (TPSA) is 59.1 Å². The van der Waals surface area contributed by atoms with Crippen LogP contribution in [0.15, 0.2) is 16.7 Å². The van der Waals surface area contributed by atoms with Crippen molar-refractivity contribution in [2.24, 2.45) is 5.73 Å². The standard InChI is InChI=1S/C8H10BrClN2O/c1-8(11,4-13)5-2-3-12-7(10)6(5)9/h2-3,13H,4,11H2,1H3/t8-/m0/s1. The quantitative estimate of drug-likeness (QED) is 0.800. The molecule has 0 aliphatic rings. The van der Waals surface area contributed by atoms with Gasteiger partial charge in [0.25, 0.3) is 0 Å². The molecular formula is C8H10BrClN2O. The van der Waals surface area contributed by atoms with Gasteiger partial charge < -0.3 is 10.8 Å². The Hall–Kier alpha value is -0.160. The molecule has 0 aliphatic carbocycles. The van der Waals surface area contributed by atoms with Crippen molar-refractivity contribution in [1.29, 1.82) is 0 Å². The lowest BCUT2D eigenvalue weighted by atomic mass is 9.95. The zero-order valence-electron chi connectivity index (χ0n) is 7.09. The number of halogens is 2. The number of hydrogen-bond donors (Lipinski definition) is 2. The molecule has 0 saturated heterocycles. The smallest absolute Gasteiger partial charge is 0.143 e. The molecule has 13 heavy (non-hydrogen) atoms. The Kier molecular flexibility index (Phi) is 3.29. The molecule has 0 bridgehead atoms. The van der Waals surface area contributed by atoms with Gasteiger partial charge in [-0.15, -0.1) is 0 Å². The number of aromatic nitrogens is 1. The first-order valence-electron chi connectivity index (χ1n) is 3.69. The highest BCUT2D eigenvalue weighted by molar-refractivity contribution is 9.10. The molecule has 0 aliphatic heterocycles. The molecule has 0 fully saturated rings. The molecule has 0 spiro atoms. The number of nitrogens with zero attached hydrogens (tertiary/aromatic N) is 1. The van der Waals surface area contributed by atoms with Crippen molar-refractivity contribution in [2.75, 3.05) is 6.61 Å². The van der Waals surface area contributed by atoms with Crippen LogP contribution in [0.4, 0.5) is 0 Å². The first kappa shape index (κ1) is 10.9. The summed E-state index contributed by atoms with van der Waals surface area (Å²) in [6.45, 7) is 1.58. The second-order valence-electron chi connectivity index (χ2n) is 3.04. The Morgan fingerprint density at radius 1 is 1.77 bits per heavy atom. The third-order valence-electron chi connectivity index (χ3n) is 1.79. The number of aliphatic hydroxyl groups excluding tert-OH is 1. The molecule has 3 N–H and O–H groups in total. The third kappa shape index (κ3) is 2.20. The highest BCUT2D eigenvalue weighted by Crippen LogP contribution is 2.30. The molecule has 0 radical (unpaired) electrons. The van der Waals surface area contributed by atoms with Crippen molar-refractivity contribution in [3.8, 4) is 0 Å². The van der Waals surface area contributed by atoms with Gasteiger partial charge in [-0.05, 0) is 34.5 Å². The minimum Gasteiger partial charge on any atom is -0.394 e. The van der Waals surface area contributed by atoms with Crippen LogP contribution in [-0.4, -0.2) is 16.7 Å². The van der Waals surface area contributed by atoms with Gasteiger partial charge in [0.15, 0.2) is 0 Å². The number of pyridine rings is 1. The zero-order valence-corrected chi connectivity index (χ0v) is 9.43. The summed E-state index contributed by atoms with van der Waals surface area (Å²) in [4.78, 5) is 3.87. The van der Waals surface area contributed by atoms with Crippen molar-refractivity contribution >= 4 is 27.5 Å². The summed E-state index contributed by atoms with van der Waals surface area (Å²) in [7, 11) is 0. The van der Waals surface area contributed by atoms with Crippen molar-refractivity contribution in [1.82, 2.24) is 4.98 Å². The van der Waals surface area contributed by atoms with E-state index >= 15 is 0 Å². The number of nitrogens with two attached hydrogens (primary N) is 1. The highest BCUT2D eigenvalue weighted by atomic mass is 79.9. The van der Waals surface area contributed by atoms with Gasteiger partial charge in [0, 0.05) is 6.20 Å². The summed E-state index contributed by atoms with van der Waals surface area (Å²) in [6, 6.07) is 1.73. The Morgan fingerprint density at radius 2 is 2.38 bits per heavy atom. The number of hydrogen-bond acceptors (Lipinski definition) is 3. The average molecular weight is 266 g/mol. The van der Waals surface area contributed by atoms with Crippen LogP contribution in [0.1, 0.15) is 12.5 Å². The number of aliphatic hydroxyl groups is 1. The largest absolute Gasteiger partial charge is 0.394 e. The van der Waals surface area contributed by atoms with E-state index < -0.39 is 5.54 Å². The van der Waals surface area contributed by atoms with Gasteiger partial charge in [0.05, 0.1) is 16.6 Å². The van der Waals surface area contributed by atoms with E-state index in [0.717, 1.165) is 5.56 Å². The van der Waals surface area contributed by atoms with E-state index in [4.69, 9.17) is 22.4 Å². The average Bonchev–Trinajstić information content (AvgIpc) is 2.09. The van der Waals surface area contributed by atoms with Gasteiger partial charge in [-0.1, -0.05) is 11.6 Å². The van der Waals surface area contributed by atoms with E-state index in [1.54, 1.807) is 19.2 Å². The normalized spacial score (nSPS) is 15.5. The Labute approximate surface area is 90.1 Å². The lowest BCUT2D eigenvalue weighted by molar-refractivity contribution is 0.209. The predicted molar refractivity (Wildman–Crippen MR) is 55.6 cm³/mol. The van der Waals surface area contributed by atoms with Gasteiger partial charge in [-0.25, -0.2) is 4.98 Å². The molecule has 1 heterocycles. The minimum absolute atomic E-state index is 0.147. The van der Waals surface area contributed by atoms with E-state index in [0.29, 0.717) is 9.63 Å². The molecule has 3 nitrogen and oxygen atoms in total. The van der Waals surface area contributed by atoms with Crippen LogP contribution in [0.5, 0.6) is 0 Å². The van der Waals surface area contributed by atoms with Gasteiger partial charge in [0.1, 0.15) is 5.15 Å². The minimum atomic E-state index is -0.800. The third-order valence-corrected chi connectivity index (χ3v) is 3.11. The van der Waals surface area contributed by atoms with E-state index in [2.05, 4.69) is 20.9 Å². The number of rotatable bonds is 2. The predicted octanol–water partition coefficient (Wildman–Crippen LogP) is 1.66. The fourth-order valence-electron chi connectivity index (χ4n) is 0.944. The summed E-state index contributed by atoms with van der Waals surface area (Å²) in [6.07, 6.45) is 1.56. The molecule has 1 aromatic rings. The highest BCUT2D eigenvalue weighted by Gasteiger charge is 2.23. The first-order chi connectivity index (χ1) is 5.99. The molecule has 5 heteroatoms. The zero-order chi connectivity index (χ0) is 10.1. The van der Waals surface area contributed by atoms with Crippen LogP contribution in [0.2, 0.25) is 5.15 Å². The van der Waals surface area contributed by atoms with E-state index in [1.807, 2.05) is 0 Å². The van der Waals surface area contributed by atoms with Crippen molar-refractivity contribution < 1.29 is 5.11 Å². The molecule has 1 aromatic heterocycles. The van der Waals surface area contributed by atoms with E-state index in [1.165, 1.54) is 0 Å². The molecule has 1 atom stereocenters. The maximum Gasteiger partial charge on any atom is 0.143 e. The van der Waals surface area contributed by atoms with Crippen molar-refractivity contribution in [3.05, 3.63) is 27.5 Å². The first-order valence-corrected chi connectivity index (χ1v) is 4.86. The van der Waals surface area contributed by atoms with Crippen LogP contribution in [0.3, 0.4) is 0 Å². The van der Waals surface area contributed by atoms with Crippen LogP contribution < -0.4 is 5.73 Å². The monoisotopic (exact) mass is 264 g/mol. The summed E-state index contributed by atoms with van der Waals surface area (Å²) in [5, 5.41) is 9.40. The summed E-state index contributed by atoms with van der Waals surface area (Å²) in [5.41, 5.74) is 5.79. The molecule has 0 aromatic carbocycles. The molecule has 0 unspecified atom stereocenters. The van der Waals surface area contributed by atoms with Crippen LogP contribution in [-0.2, 0) is 5.54 Å². The molecule has 0 amide bonds. The Balaban J connectivity index is 3.22. The lowest BCUT2D eigenvalue weighted by Gasteiger charge is -2.23. The van der Waals surface area contributed by atoms with Gasteiger partial charge >= 0.3 is 0 Å².